The van der Waals surface area contributed by atoms with Crippen molar-refractivity contribution in [2.75, 3.05) is 0 Å². The third kappa shape index (κ3) is 3.61. The Morgan fingerprint density at radius 3 is 2.57 bits per heavy atom. The highest BCUT2D eigenvalue weighted by Crippen LogP contribution is 2.24. The molecule has 1 aromatic rings. The minimum Gasteiger partial charge on any atom is -0.353 e. The van der Waals surface area contributed by atoms with Crippen molar-refractivity contribution in [1.82, 2.24) is 10.8 Å². The van der Waals surface area contributed by atoms with Crippen molar-refractivity contribution in [3.05, 3.63) is 34.9 Å². The van der Waals surface area contributed by atoms with Gasteiger partial charge in [0.15, 0.2) is 0 Å². The van der Waals surface area contributed by atoms with Crippen LogP contribution in [0.1, 0.15) is 48.7 Å². The molecule has 0 aromatic heterocycles. The van der Waals surface area contributed by atoms with Crippen LogP contribution >= 0.6 is 0 Å². The Hall–Kier alpha value is -1.88. The van der Waals surface area contributed by atoms with E-state index < -0.39 is 5.91 Å². The first-order valence-corrected chi connectivity index (χ1v) is 7.18. The van der Waals surface area contributed by atoms with Gasteiger partial charge in [0.05, 0.1) is 0 Å². The zero-order chi connectivity index (χ0) is 15.6. The predicted octanol–water partition coefficient (Wildman–Crippen LogP) is 1.83. The molecule has 2 rings (SSSR count). The van der Waals surface area contributed by atoms with E-state index in [2.05, 4.69) is 5.32 Å². The maximum Gasteiger partial charge on any atom is 0.274 e. The van der Waals surface area contributed by atoms with Gasteiger partial charge < -0.3 is 5.32 Å². The van der Waals surface area contributed by atoms with Gasteiger partial charge in [-0.05, 0) is 42.5 Å². The standard InChI is InChI=1S/C16H22N2O3/c1-16(2,3)15(20)17-13-7-6-10-8-12(14(19)18-21)5-4-11(10)9-13/h4-5,8,13,21H,6-7,9H2,1-3H3,(H,17,20)(H,18,19). The Morgan fingerprint density at radius 1 is 1.24 bits per heavy atom. The normalized spacial score (nSPS) is 17.8. The number of nitrogens with one attached hydrogen (secondary N) is 2. The maximum atomic E-state index is 12.0. The smallest absolute Gasteiger partial charge is 0.274 e. The molecule has 0 fully saturated rings. The monoisotopic (exact) mass is 290 g/mol. The van der Waals surface area contributed by atoms with Crippen LogP contribution in [0.5, 0.6) is 0 Å². The average Bonchev–Trinajstić information content (AvgIpc) is 2.44. The van der Waals surface area contributed by atoms with E-state index in [1.54, 1.807) is 11.5 Å². The number of hydrogen-bond donors (Lipinski definition) is 3. The van der Waals surface area contributed by atoms with E-state index in [-0.39, 0.29) is 17.4 Å². The van der Waals surface area contributed by atoms with Gasteiger partial charge in [0, 0.05) is 17.0 Å². The fourth-order valence-electron chi connectivity index (χ4n) is 2.49. The summed E-state index contributed by atoms with van der Waals surface area (Å²) in [5.41, 5.74) is 3.97. The van der Waals surface area contributed by atoms with Crippen LogP contribution in [-0.2, 0) is 17.6 Å². The van der Waals surface area contributed by atoms with Crippen molar-refractivity contribution in [2.45, 2.75) is 46.1 Å². The molecule has 1 unspecified atom stereocenters. The van der Waals surface area contributed by atoms with E-state index in [9.17, 15) is 9.59 Å². The van der Waals surface area contributed by atoms with Crippen LogP contribution in [-0.4, -0.2) is 23.1 Å². The van der Waals surface area contributed by atoms with E-state index in [0.29, 0.717) is 5.56 Å². The van der Waals surface area contributed by atoms with Gasteiger partial charge in [-0.3, -0.25) is 14.8 Å². The summed E-state index contributed by atoms with van der Waals surface area (Å²) in [5.74, 6) is -0.437. The number of benzene rings is 1. The molecule has 3 N–H and O–H groups in total. The van der Waals surface area contributed by atoms with Gasteiger partial charge in [-0.25, -0.2) is 5.48 Å². The summed E-state index contributed by atoms with van der Waals surface area (Å²) in [6, 6.07) is 5.54. The summed E-state index contributed by atoms with van der Waals surface area (Å²) >= 11 is 0. The Bertz CT molecular complexity index is 561. The molecule has 5 heteroatoms. The van der Waals surface area contributed by atoms with Crippen molar-refractivity contribution in [2.24, 2.45) is 5.41 Å². The van der Waals surface area contributed by atoms with Crippen LogP contribution in [0.4, 0.5) is 0 Å². The molecular weight excluding hydrogens is 268 g/mol. The van der Waals surface area contributed by atoms with E-state index in [0.717, 1.165) is 30.4 Å². The second kappa shape index (κ2) is 5.85. The Morgan fingerprint density at radius 2 is 1.95 bits per heavy atom. The predicted molar refractivity (Wildman–Crippen MR) is 79.1 cm³/mol. The van der Waals surface area contributed by atoms with Gasteiger partial charge in [0.1, 0.15) is 0 Å². The zero-order valence-corrected chi connectivity index (χ0v) is 12.7. The first-order chi connectivity index (χ1) is 9.81. The zero-order valence-electron chi connectivity index (χ0n) is 12.7. The first-order valence-electron chi connectivity index (χ1n) is 7.18. The SMILES string of the molecule is CC(C)(C)C(=O)NC1CCc2cc(C(=O)NO)ccc2C1. The summed E-state index contributed by atoms with van der Waals surface area (Å²) in [5, 5.41) is 11.8. The van der Waals surface area contributed by atoms with Crippen LogP contribution in [0.2, 0.25) is 0 Å². The number of fused-ring (bicyclic) bond motifs is 1. The third-order valence-electron chi connectivity index (χ3n) is 3.81. The maximum absolute atomic E-state index is 12.0. The third-order valence-corrected chi connectivity index (χ3v) is 3.81. The molecule has 1 aliphatic carbocycles. The summed E-state index contributed by atoms with van der Waals surface area (Å²) in [6.45, 7) is 5.71. The fourth-order valence-corrected chi connectivity index (χ4v) is 2.49. The van der Waals surface area contributed by atoms with Gasteiger partial charge in [-0.15, -0.1) is 0 Å². The molecule has 1 aromatic carbocycles. The van der Waals surface area contributed by atoms with Crippen LogP contribution in [0.3, 0.4) is 0 Å². The number of hydrogen-bond acceptors (Lipinski definition) is 3. The number of hydroxylamine groups is 1. The van der Waals surface area contributed by atoms with E-state index >= 15 is 0 Å². The molecule has 0 bridgehead atoms. The number of aryl methyl sites for hydroxylation is 1. The molecule has 1 atom stereocenters. The lowest BCUT2D eigenvalue weighted by Crippen LogP contribution is -2.44. The molecule has 2 amide bonds. The van der Waals surface area contributed by atoms with Gasteiger partial charge >= 0.3 is 0 Å². The highest BCUT2D eigenvalue weighted by Gasteiger charge is 2.26. The highest BCUT2D eigenvalue weighted by atomic mass is 16.5. The summed E-state index contributed by atoms with van der Waals surface area (Å²) in [7, 11) is 0. The van der Waals surface area contributed by atoms with Crippen molar-refractivity contribution >= 4 is 11.8 Å². The molecule has 0 saturated heterocycles. The first kappa shape index (κ1) is 15.5. The topological polar surface area (TPSA) is 78.4 Å². The molecule has 21 heavy (non-hydrogen) atoms. The molecule has 114 valence electrons. The van der Waals surface area contributed by atoms with Crippen molar-refractivity contribution in [3.63, 3.8) is 0 Å². The van der Waals surface area contributed by atoms with Gasteiger partial charge in [-0.2, -0.15) is 0 Å². The number of amides is 2. The fraction of sp³-hybridized carbons (Fsp3) is 0.500. The molecule has 0 saturated carbocycles. The number of carbonyl (C=O) groups excluding carboxylic acids is 2. The van der Waals surface area contributed by atoms with Crippen LogP contribution in [0, 0.1) is 5.41 Å². The lowest BCUT2D eigenvalue weighted by Gasteiger charge is -2.28. The average molecular weight is 290 g/mol. The second-order valence-electron chi connectivity index (χ2n) is 6.59. The molecule has 1 aliphatic rings. The van der Waals surface area contributed by atoms with Crippen LogP contribution in [0.25, 0.3) is 0 Å². The quantitative estimate of drug-likeness (QED) is 0.574. The Labute approximate surface area is 124 Å². The van der Waals surface area contributed by atoms with Gasteiger partial charge in [-0.1, -0.05) is 26.8 Å². The summed E-state index contributed by atoms with van der Waals surface area (Å²) < 4.78 is 0. The summed E-state index contributed by atoms with van der Waals surface area (Å²) in [6.07, 6.45) is 2.45. The molecular formula is C16H22N2O3. The molecule has 0 aliphatic heterocycles. The Balaban J connectivity index is 2.08. The van der Waals surface area contributed by atoms with E-state index in [1.165, 1.54) is 0 Å². The lowest BCUT2D eigenvalue weighted by atomic mass is 9.86. The second-order valence-corrected chi connectivity index (χ2v) is 6.59. The van der Waals surface area contributed by atoms with Crippen molar-refractivity contribution < 1.29 is 14.8 Å². The highest BCUT2D eigenvalue weighted by molar-refractivity contribution is 5.93. The molecule has 0 spiro atoms. The minimum atomic E-state index is -0.499. The lowest BCUT2D eigenvalue weighted by molar-refractivity contribution is -0.129. The van der Waals surface area contributed by atoms with Crippen LogP contribution < -0.4 is 10.8 Å². The number of carbonyl (C=O) groups is 2. The molecule has 0 heterocycles. The van der Waals surface area contributed by atoms with Crippen molar-refractivity contribution in [3.8, 4) is 0 Å². The van der Waals surface area contributed by atoms with E-state index in [4.69, 9.17) is 5.21 Å². The summed E-state index contributed by atoms with van der Waals surface area (Å²) in [4.78, 5) is 23.4. The van der Waals surface area contributed by atoms with E-state index in [1.807, 2.05) is 32.9 Å². The van der Waals surface area contributed by atoms with Crippen LogP contribution in [0.15, 0.2) is 18.2 Å². The molecule has 5 nitrogen and oxygen atoms in total. The Kier molecular flexibility index (Phi) is 4.32. The van der Waals surface area contributed by atoms with Crippen molar-refractivity contribution in [1.29, 1.82) is 0 Å². The largest absolute Gasteiger partial charge is 0.353 e. The van der Waals surface area contributed by atoms with Gasteiger partial charge in [0.2, 0.25) is 5.91 Å². The van der Waals surface area contributed by atoms with Gasteiger partial charge in [0.25, 0.3) is 5.91 Å². The molecule has 0 radical (unpaired) electrons. The number of rotatable bonds is 2. The minimum absolute atomic E-state index is 0.0622.